The minimum absolute atomic E-state index is 0.0914. The first-order valence-electron chi connectivity index (χ1n) is 14.8. The Balaban J connectivity index is 1.63. The molecule has 2 aromatic rings. The zero-order chi connectivity index (χ0) is 29.1. The Labute approximate surface area is 245 Å². The summed E-state index contributed by atoms with van der Waals surface area (Å²) in [5.41, 5.74) is 12.4. The molecule has 0 bridgehead atoms. The highest BCUT2D eigenvalue weighted by Crippen LogP contribution is 2.44. The number of ether oxygens (including phenoxy) is 1. The van der Waals surface area contributed by atoms with Crippen molar-refractivity contribution < 1.29 is 4.74 Å². The number of imidazole rings is 1. The van der Waals surface area contributed by atoms with Crippen LogP contribution in [0.4, 0.5) is 0 Å². The monoisotopic (exact) mass is 551 g/mol. The van der Waals surface area contributed by atoms with E-state index >= 15 is 0 Å². The Hall–Kier alpha value is -3.77. The molecule has 3 aliphatic rings. The lowest BCUT2D eigenvalue weighted by Crippen LogP contribution is -2.34. The van der Waals surface area contributed by atoms with Crippen molar-refractivity contribution in [1.82, 2.24) is 25.1 Å². The van der Waals surface area contributed by atoms with E-state index in [1.54, 1.807) is 7.11 Å². The SMILES string of the molecule is C=C(COC)NC(C1=CC2=CC=CNC2C(=C2CCN(C(=C)CC(C)C)CC2)c2ccc(C)cc21)c1cncn1C. The summed E-state index contributed by atoms with van der Waals surface area (Å²) < 4.78 is 7.52. The predicted octanol–water partition coefficient (Wildman–Crippen LogP) is 6.44. The van der Waals surface area contributed by atoms with E-state index in [1.807, 2.05) is 19.6 Å². The van der Waals surface area contributed by atoms with Gasteiger partial charge in [0.25, 0.3) is 0 Å². The minimum Gasteiger partial charge on any atom is -0.380 e. The fourth-order valence-electron chi connectivity index (χ4n) is 6.40. The average Bonchev–Trinajstić information content (AvgIpc) is 3.31. The van der Waals surface area contributed by atoms with Gasteiger partial charge in [0.05, 0.1) is 36.9 Å². The van der Waals surface area contributed by atoms with Crippen LogP contribution in [0.15, 0.2) is 90.8 Å². The molecule has 1 saturated heterocycles. The number of aromatic nitrogens is 2. The molecule has 5 rings (SSSR count). The topological polar surface area (TPSA) is 54.4 Å². The molecule has 1 aliphatic carbocycles. The molecule has 1 aromatic heterocycles. The molecule has 6 heteroatoms. The summed E-state index contributed by atoms with van der Waals surface area (Å²) in [7, 11) is 3.75. The molecule has 0 saturated carbocycles. The summed E-state index contributed by atoms with van der Waals surface area (Å²) >= 11 is 0. The van der Waals surface area contributed by atoms with Crippen molar-refractivity contribution >= 4 is 11.1 Å². The number of nitrogens with zero attached hydrogens (tertiary/aromatic N) is 3. The van der Waals surface area contributed by atoms with Gasteiger partial charge in [0.1, 0.15) is 0 Å². The number of benzene rings is 1. The predicted molar refractivity (Wildman–Crippen MR) is 170 cm³/mol. The van der Waals surface area contributed by atoms with Crippen LogP contribution in [-0.2, 0) is 11.8 Å². The van der Waals surface area contributed by atoms with Gasteiger partial charge in [0.2, 0.25) is 0 Å². The number of rotatable bonds is 9. The van der Waals surface area contributed by atoms with E-state index in [-0.39, 0.29) is 12.1 Å². The lowest BCUT2D eigenvalue weighted by atomic mass is 9.83. The van der Waals surface area contributed by atoms with Crippen LogP contribution in [-0.4, -0.2) is 47.3 Å². The summed E-state index contributed by atoms with van der Waals surface area (Å²) in [4.78, 5) is 6.97. The van der Waals surface area contributed by atoms with E-state index in [0.29, 0.717) is 12.5 Å². The number of hydrogen-bond donors (Lipinski definition) is 2. The molecule has 3 heterocycles. The fraction of sp³-hybridized carbons (Fsp3) is 0.400. The van der Waals surface area contributed by atoms with E-state index in [1.165, 1.54) is 44.7 Å². The van der Waals surface area contributed by atoms with Crippen LogP contribution in [0, 0.1) is 12.8 Å². The second-order valence-electron chi connectivity index (χ2n) is 12.0. The van der Waals surface area contributed by atoms with E-state index in [4.69, 9.17) is 4.74 Å². The van der Waals surface area contributed by atoms with Gasteiger partial charge in [-0.15, -0.1) is 0 Å². The van der Waals surface area contributed by atoms with Gasteiger partial charge in [-0.05, 0) is 72.2 Å². The quantitative estimate of drug-likeness (QED) is 0.376. The number of likely N-dealkylation sites (tertiary alicyclic amines) is 1. The smallest absolute Gasteiger partial charge is 0.0946 e. The van der Waals surface area contributed by atoms with Crippen LogP contribution >= 0.6 is 0 Å². The molecule has 41 heavy (non-hydrogen) atoms. The lowest BCUT2D eigenvalue weighted by Gasteiger charge is -2.35. The van der Waals surface area contributed by atoms with Crippen LogP contribution in [0.1, 0.15) is 61.5 Å². The Kier molecular flexibility index (Phi) is 8.69. The summed E-state index contributed by atoms with van der Waals surface area (Å²) in [6, 6.07) is 6.87. The Bertz CT molecular complexity index is 1430. The van der Waals surface area contributed by atoms with Crippen molar-refractivity contribution in [3.8, 4) is 0 Å². The highest BCUT2D eigenvalue weighted by molar-refractivity contribution is 5.91. The number of nitrogens with one attached hydrogen (secondary N) is 2. The molecule has 2 N–H and O–H groups in total. The van der Waals surface area contributed by atoms with E-state index in [9.17, 15) is 0 Å². The molecular weight excluding hydrogens is 506 g/mol. The first-order valence-corrected chi connectivity index (χ1v) is 14.8. The molecule has 2 unspecified atom stereocenters. The standard InChI is InChI=1S/C35H45N5O/c1-23(2)17-26(5)40-15-12-27(13-16-40)33-29-11-10-24(3)18-30(29)31(19-28-9-8-14-37-34(28)33)35(38-25(4)21-41-7)32-20-36-22-39(32)6/h8-11,14,18-20,22-23,34-35,37-38H,4-5,12-13,15-17,21H2,1-3,6-7H3. The average molecular weight is 552 g/mol. The van der Waals surface area contributed by atoms with Gasteiger partial charge in [-0.2, -0.15) is 0 Å². The normalized spacial score (nSPS) is 19.1. The van der Waals surface area contributed by atoms with Crippen LogP contribution in [0.5, 0.6) is 0 Å². The molecule has 2 aliphatic heterocycles. The number of hydrogen-bond acceptors (Lipinski definition) is 5. The Morgan fingerprint density at radius 3 is 2.66 bits per heavy atom. The third-order valence-electron chi connectivity index (χ3n) is 8.33. The number of fused-ring (bicyclic) bond motifs is 2. The van der Waals surface area contributed by atoms with Gasteiger partial charge in [0.15, 0.2) is 0 Å². The fourth-order valence-corrected chi connectivity index (χ4v) is 6.40. The third kappa shape index (κ3) is 6.13. The lowest BCUT2D eigenvalue weighted by molar-refractivity contribution is 0.219. The first-order chi connectivity index (χ1) is 19.8. The van der Waals surface area contributed by atoms with Crippen LogP contribution in [0.25, 0.3) is 11.1 Å². The van der Waals surface area contributed by atoms with Gasteiger partial charge in [0, 0.05) is 38.6 Å². The van der Waals surface area contributed by atoms with E-state index < -0.39 is 0 Å². The van der Waals surface area contributed by atoms with Gasteiger partial charge < -0.3 is 24.8 Å². The van der Waals surface area contributed by atoms with Crippen molar-refractivity contribution in [2.24, 2.45) is 13.0 Å². The molecular formula is C35H45N5O. The Morgan fingerprint density at radius 1 is 1.20 bits per heavy atom. The largest absolute Gasteiger partial charge is 0.380 e. The molecule has 0 spiro atoms. The molecule has 216 valence electrons. The van der Waals surface area contributed by atoms with Gasteiger partial charge in [-0.1, -0.05) is 68.5 Å². The zero-order valence-electron chi connectivity index (χ0n) is 25.3. The van der Waals surface area contributed by atoms with Gasteiger partial charge in [-0.25, -0.2) is 4.98 Å². The number of allylic oxidation sites excluding steroid dienone is 3. The Morgan fingerprint density at radius 2 is 1.98 bits per heavy atom. The number of dihydropyridines is 1. The van der Waals surface area contributed by atoms with Crippen LogP contribution in [0.2, 0.25) is 0 Å². The first kappa shape index (κ1) is 28.7. The summed E-state index contributed by atoms with van der Waals surface area (Å²) in [5, 5.41) is 7.43. The zero-order valence-corrected chi connectivity index (χ0v) is 25.3. The van der Waals surface area contributed by atoms with Crippen molar-refractivity contribution in [2.45, 2.75) is 52.1 Å². The molecule has 0 radical (unpaired) electrons. The molecule has 1 fully saturated rings. The molecule has 0 amide bonds. The maximum absolute atomic E-state index is 5.43. The highest BCUT2D eigenvalue weighted by atomic mass is 16.5. The molecule has 6 nitrogen and oxygen atoms in total. The van der Waals surface area contributed by atoms with Gasteiger partial charge >= 0.3 is 0 Å². The molecule has 1 aromatic carbocycles. The number of piperidine rings is 1. The second-order valence-corrected chi connectivity index (χ2v) is 12.0. The number of aryl methyl sites for hydroxylation is 2. The van der Waals surface area contributed by atoms with Crippen molar-refractivity contribution in [1.29, 1.82) is 0 Å². The highest BCUT2D eigenvalue weighted by Gasteiger charge is 2.33. The summed E-state index contributed by atoms with van der Waals surface area (Å²) in [6.07, 6.45) is 15.8. The van der Waals surface area contributed by atoms with Gasteiger partial charge in [-0.3, -0.25) is 0 Å². The van der Waals surface area contributed by atoms with E-state index in [2.05, 4.69) is 102 Å². The summed E-state index contributed by atoms with van der Waals surface area (Å²) in [6.45, 7) is 17.9. The number of methoxy groups -OCH3 is 1. The minimum atomic E-state index is -0.149. The molecule has 2 atom stereocenters. The second kappa shape index (κ2) is 12.4. The summed E-state index contributed by atoms with van der Waals surface area (Å²) in [5.74, 6) is 0.621. The van der Waals surface area contributed by atoms with E-state index in [0.717, 1.165) is 43.7 Å². The van der Waals surface area contributed by atoms with Crippen LogP contribution in [0.3, 0.4) is 0 Å². The maximum atomic E-state index is 5.43. The van der Waals surface area contributed by atoms with Crippen molar-refractivity contribution in [3.05, 3.63) is 113 Å². The van der Waals surface area contributed by atoms with Crippen molar-refractivity contribution in [2.75, 3.05) is 26.8 Å². The van der Waals surface area contributed by atoms with Crippen molar-refractivity contribution in [3.63, 3.8) is 0 Å². The maximum Gasteiger partial charge on any atom is 0.0946 e. The third-order valence-corrected chi connectivity index (χ3v) is 8.33. The van der Waals surface area contributed by atoms with Crippen LogP contribution < -0.4 is 10.6 Å².